The Morgan fingerprint density at radius 1 is 1.21 bits per heavy atom. The third-order valence-electron chi connectivity index (χ3n) is 2.81. The van der Waals surface area contributed by atoms with Crippen molar-refractivity contribution in [3.63, 3.8) is 0 Å². The van der Waals surface area contributed by atoms with E-state index < -0.39 is 0 Å². The van der Waals surface area contributed by atoms with Crippen LogP contribution in [0.1, 0.15) is 10.4 Å². The first-order chi connectivity index (χ1) is 9.16. The van der Waals surface area contributed by atoms with Gasteiger partial charge in [-0.1, -0.05) is 29.8 Å². The highest BCUT2D eigenvalue weighted by Crippen LogP contribution is 2.26. The maximum atomic E-state index is 12.4. The molecule has 2 aromatic heterocycles. The van der Waals surface area contributed by atoms with Gasteiger partial charge in [0, 0.05) is 17.1 Å². The fourth-order valence-corrected chi connectivity index (χ4v) is 2.37. The highest BCUT2D eigenvalue weighted by Gasteiger charge is 2.13. The summed E-state index contributed by atoms with van der Waals surface area (Å²) in [6.07, 6.45) is 1.70. The van der Waals surface area contributed by atoms with Crippen LogP contribution in [0.2, 0.25) is 5.15 Å². The Bertz CT molecular complexity index is 768. The molecule has 0 aliphatic rings. The van der Waals surface area contributed by atoms with Gasteiger partial charge < -0.3 is 0 Å². The van der Waals surface area contributed by atoms with Crippen LogP contribution in [0.3, 0.4) is 0 Å². The topological polar surface area (TPSA) is 34.9 Å². The fraction of sp³-hybridized carbons (Fsp3) is 0. The Morgan fingerprint density at radius 2 is 1.95 bits per heavy atom. The summed E-state index contributed by atoms with van der Waals surface area (Å²) in [4.78, 5) is 16.6. The molecule has 0 amide bonds. The monoisotopic (exact) mass is 334 g/mol. The molecule has 0 bridgehead atoms. The standard InChI is InChI=1S/C14H8BrClN2O/c15-11-8-10-6-7-18(13(10)17-12(11)16)14(19)9-4-2-1-3-5-9/h1-8H. The maximum absolute atomic E-state index is 12.4. The lowest BCUT2D eigenvalue weighted by molar-refractivity contribution is 0.0964. The van der Waals surface area contributed by atoms with Crippen molar-refractivity contribution in [1.29, 1.82) is 0 Å². The molecule has 0 aliphatic heterocycles. The van der Waals surface area contributed by atoms with E-state index in [-0.39, 0.29) is 5.91 Å². The van der Waals surface area contributed by atoms with Gasteiger partial charge in [0.1, 0.15) is 10.8 Å². The first-order valence-corrected chi connectivity index (χ1v) is 6.77. The van der Waals surface area contributed by atoms with Gasteiger partial charge >= 0.3 is 0 Å². The van der Waals surface area contributed by atoms with E-state index in [4.69, 9.17) is 11.6 Å². The van der Waals surface area contributed by atoms with Gasteiger partial charge in [-0.2, -0.15) is 0 Å². The minimum absolute atomic E-state index is 0.124. The minimum Gasteiger partial charge on any atom is -0.268 e. The van der Waals surface area contributed by atoms with Gasteiger partial charge in [-0.25, -0.2) is 4.98 Å². The molecule has 0 atom stereocenters. The molecule has 1 aromatic carbocycles. The van der Waals surface area contributed by atoms with Crippen LogP contribution in [0.5, 0.6) is 0 Å². The number of carbonyl (C=O) groups is 1. The zero-order valence-corrected chi connectivity index (χ0v) is 12.0. The zero-order valence-electron chi connectivity index (χ0n) is 9.68. The summed E-state index contributed by atoms with van der Waals surface area (Å²) < 4.78 is 2.22. The van der Waals surface area contributed by atoms with Crippen molar-refractivity contribution in [2.24, 2.45) is 0 Å². The SMILES string of the molecule is O=C(c1ccccc1)n1ccc2cc(Br)c(Cl)nc21. The molecule has 19 heavy (non-hydrogen) atoms. The van der Waals surface area contributed by atoms with Gasteiger partial charge in [-0.05, 0) is 40.2 Å². The van der Waals surface area contributed by atoms with Gasteiger partial charge in [0.15, 0.2) is 0 Å². The van der Waals surface area contributed by atoms with Crippen LogP contribution >= 0.6 is 27.5 Å². The number of carbonyl (C=O) groups excluding carboxylic acids is 1. The second-order valence-electron chi connectivity index (χ2n) is 4.03. The number of aromatic nitrogens is 2. The Hall–Kier alpha value is -1.65. The van der Waals surface area contributed by atoms with Crippen molar-refractivity contribution < 1.29 is 4.79 Å². The van der Waals surface area contributed by atoms with Crippen molar-refractivity contribution in [1.82, 2.24) is 9.55 Å². The number of halogens is 2. The first-order valence-electron chi connectivity index (χ1n) is 5.59. The summed E-state index contributed by atoms with van der Waals surface area (Å²) in [6.45, 7) is 0. The molecule has 2 heterocycles. The normalized spacial score (nSPS) is 10.8. The summed E-state index contributed by atoms with van der Waals surface area (Å²) in [7, 11) is 0. The van der Waals surface area contributed by atoms with Crippen LogP contribution in [0.25, 0.3) is 11.0 Å². The largest absolute Gasteiger partial charge is 0.268 e. The molecule has 0 radical (unpaired) electrons. The molecule has 94 valence electrons. The Kier molecular flexibility index (Phi) is 3.12. The number of rotatable bonds is 1. The quantitative estimate of drug-likeness (QED) is 0.626. The average Bonchev–Trinajstić information content (AvgIpc) is 2.82. The van der Waals surface area contributed by atoms with Crippen LogP contribution in [0, 0.1) is 0 Å². The van der Waals surface area contributed by atoms with E-state index in [1.807, 2.05) is 30.3 Å². The van der Waals surface area contributed by atoms with E-state index in [0.717, 1.165) is 5.39 Å². The van der Waals surface area contributed by atoms with E-state index in [0.29, 0.717) is 20.8 Å². The highest BCUT2D eigenvalue weighted by atomic mass is 79.9. The molecule has 0 saturated carbocycles. The molecule has 3 nitrogen and oxygen atoms in total. The highest BCUT2D eigenvalue weighted by molar-refractivity contribution is 9.10. The van der Waals surface area contributed by atoms with E-state index in [1.165, 1.54) is 4.57 Å². The van der Waals surface area contributed by atoms with Crippen molar-refractivity contribution >= 4 is 44.5 Å². The Labute approximate surface area is 123 Å². The van der Waals surface area contributed by atoms with Crippen LogP contribution in [-0.2, 0) is 0 Å². The molecule has 3 aromatic rings. The molecular formula is C14H8BrClN2O. The van der Waals surface area contributed by atoms with E-state index >= 15 is 0 Å². The predicted octanol–water partition coefficient (Wildman–Crippen LogP) is 4.14. The third kappa shape index (κ3) is 2.17. The van der Waals surface area contributed by atoms with Gasteiger partial charge in [0.25, 0.3) is 5.91 Å². The minimum atomic E-state index is -0.124. The van der Waals surface area contributed by atoms with Crippen LogP contribution < -0.4 is 0 Å². The lowest BCUT2D eigenvalue weighted by Crippen LogP contribution is -2.11. The molecule has 0 fully saturated rings. The van der Waals surface area contributed by atoms with Crippen LogP contribution in [0.4, 0.5) is 0 Å². The van der Waals surface area contributed by atoms with E-state index in [2.05, 4.69) is 20.9 Å². The lowest BCUT2D eigenvalue weighted by atomic mass is 10.2. The summed E-state index contributed by atoms with van der Waals surface area (Å²) in [5.74, 6) is -0.124. The number of pyridine rings is 1. The number of hydrogen-bond donors (Lipinski definition) is 0. The molecular weight excluding hydrogens is 328 g/mol. The summed E-state index contributed by atoms with van der Waals surface area (Å²) in [5, 5.41) is 1.20. The predicted molar refractivity (Wildman–Crippen MR) is 78.6 cm³/mol. The fourth-order valence-electron chi connectivity index (χ4n) is 1.90. The van der Waals surface area contributed by atoms with Crippen molar-refractivity contribution in [2.75, 3.05) is 0 Å². The van der Waals surface area contributed by atoms with E-state index in [1.54, 1.807) is 18.3 Å². The zero-order chi connectivity index (χ0) is 13.4. The summed E-state index contributed by atoms with van der Waals surface area (Å²) in [5.41, 5.74) is 1.17. The molecule has 0 aliphatic carbocycles. The van der Waals surface area contributed by atoms with Crippen molar-refractivity contribution in [3.8, 4) is 0 Å². The second kappa shape index (κ2) is 4.79. The molecule has 0 unspecified atom stereocenters. The van der Waals surface area contributed by atoms with Gasteiger partial charge in [0.2, 0.25) is 0 Å². The maximum Gasteiger partial charge on any atom is 0.263 e. The van der Waals surface area contributed by atoms with Crippen LogP contribution in [0.15, 0.2) is 53.1 Å². The smallest absolute Gasteiger partial charge is 0.263 e. The Balaban J connectivity index is 2.16. The Morgan fingerprint density at radius 3 is 2.68 bits per heavy atom. The lowest BCUT2D eigenvalue weighted by Gasteiger charge is -2.04. The number of hydrogen-bond acceptors (Lipinski definition) is 2. The van der Waals surface area contributed by atoms with Crippen molar-refractivity contribution in [3.05, 3.63) is 63.9 Å². The van der Waals surface area contributed by atoms with Crippen molar-refractivity contribution in [2.45, 2.75) is 0 Å². The summed E-state index contributed by atoms with van der Waals surface area (Å²) >= 11 is 9.30. The van der Waals surface area contributed by atoms with Gasteiger partial charge in [-0.3, -0.25) is 9.36 Å². The molecule has 0 saturated heterocycles. The number of fused-ring (bicyclic) bond motifs is 1. The molecule has 0 spiro atoms. The number of benzene rings is 1. The van der Waals surface area contributed by atoms with Gasteiger partial charge in [-0.15, -0.1) is 0 Å². The van der Waals surface area contributed by atoms with Crippen LogP contribution in [-0.4, -0.2) is 15.5 Å². The second-order valence-corrected chi connectivity index (χ2v) is 5.24. The first kappa shape index (κ1) is 12.4. The average molecular weight is 336 g/mol. The van der Waals surface area contributed by atoms with Gasteiger partial charge in [0.05, 0.1) is 4.47 Å². The number of nitrogens with zero attached hydrogens (tertiary/aromatic N) is 2. The van der Waals surface area contributed by atoms with E-state index in [9.17, 15) is 4.79 Å². The third-order valence-corrected chi connectivity index (χ3v) is 3.93. The molecule has 0 N–H and O–H groups in total. The molecule has 5 heteroatoms. The molecule has 3 rings (SSSR count). The summed E-state index contributed by atoms with van der Waals surface area (Å²) in [6, 6.07) is 12.8.